The minimum Gasteiger partial charge on any atom is -0.496 e. The molecule has 1 aromatic carbocycles. The standard InChI is InChI=1S/C17H25F3N2O2.2ClH/c1-12(2)10-15(22-8-6-21-7-9-22)14-11-13(24-17(18,19)20)4-5-16(14)23-3;;/h4-5,11-12,15,21H,6-10H2,1-3H3;2*1H/t15-;;/m1../s1. The summed E-state index contributed by atoms with van der Waals surface area (Å²) in [6.07, 6.45) is -3.86. The molecule has 0 aromatic heterocycles. The van der Waals surface area contributed by atoms with Gasteiger partial charge >= 0.3 is 6.36 Å². The number of nitrogens with zero attached hydrogens (tertiary/aromatic N) is 1. The van der Waals surface area contributed by atoms with E-state index >= 15 is 0 Å². The first-order valence-electron chi connectivity index (χ1n) is 8.18. The van der Waals surface area contributed by atoms with Crippen LogP contribution in [0.15, 0.2) is 18.2 Å². The zero-order valence-electron chi connectivity index (χ0n) is 15.1. The quantitative estimate of drug-likeness (QED) is 0.740. The lowest BCUT2D eigenvalue weighted by Gasteiger charge is -2.36. The van der Waals surface area contributed by atoms with Gasteiger partial charge in [-0.2, -0.15) is 0 Å². The van der Waals surface area contributed by atoms with E-state index in [4.69, 9.17) is 4.74 Å². The van der Waals surface area contributed by atoms with Crippen molar-refractivity contribution in [3.8, 4) is 11.5 Å². The highest BCUT2D eigenvalue weighted by Crippen LogP contribution is 2.37. The van der Waals surface area contributed by atoms with Gasteiger partial charge in [-0.05, 0) is 30.5 Å². The average Bonchev–Trinajstić information content (AvgIpc) is 2.52. The van der Waals surface area contributed by atoms with Crippen molar-refractivity contribution in [2.24, 2.45) is 5.92 Å². The number of methoxy groups -OCH3 is 1. The maximum Gasteiger partial charge on any atom is 0.573 e. The lowest BCUT2D eigenvalue weighted by molar-refractivity contribution is -0.274. The molecule has 1 aliphatic rings. The Morgan fingerprint density at radius 1 is 1.15 bits per heavy atom. The summed E-state index contributed by atoms with van der Waals surface area (Å²) >= 11 is 0. The van der Waals surface area contributed by atoms with E-state index in [-0.39, 0.29) is 36.6 Å². The van der Waals surface area contributed by atoms with Gasteiger partial charge in [0.2, 0.25) is 0 Å². The van der Waals surface area contributed by atoms with Crippen molar-refractivity contribution in [1.29, 1.82) is 0 Å². The third-order valence-corrected chi connectivity index (χ3v) is 4.08. The smallest absolute Gasteiger partial charge is 0.496 e. The second-order valence-corrected chi connectivity index (χ2v) is 6.38. The molecular weight excluding hydrogens is 392 g/mol. The Hall–Kier alpha value is -0.890. The molecule has 0 saturated carbocycles. The molecule has 9 heteroatoms. The van der Waals surface area contributed by atoms with Gasteiger partial charge in [-0.15, -0.1) is 38.0 Å². The molecule has 1 aromatic rings. The Bertz CT molecular complexity index is 539. The van der Waals surface area contributed by atoms with Gasteiger partial charge in [0.25, 0.3) is 0 Å². The van der Waals surface area contributed by atoms with Crippen LogP contribution in [0.2, 0.25) is 0 Å². The summed E-state index contributed by atoms with van der Waals surface area (Å²) in [5, 5.41) is 3.30. The Kier molecular flexibility index (Phi) is 10.7. The molecule has 1 atom stereocenters. The van der Waals surface area contributed by atoms with Crippen molar-refractivity contribution in [1.82, 2.24) is 10.2 Å². The third kappa shape index (κ3) is 7.39. The Morgan fingerprint density at radius 3 is 2.27 bits per heavy atom. The van der Waals surface area contributed by atoms with Crippen LogP contribution in [0.25, 0.3) is 0 Å². The highest BCUT2D eigenvalue weighted by Gasteiger charge is 2.32. The second-order valence-electron chi connectivity index (χ2n) is 6.38. The van der Waals surface area contributed by atoms with Gasteiger partial charge < -0.3 is 14.8 Å². The first-order valence-corrected chi connectivity index (χ1v) is 8.18. The van der Waals surface area contributed by atoms with E-state index in [1.165, 1.54) is 19.2 Å². The highest BCUT2D eigenvalue weighted by atomic mass is 35.5. The number of hydrogen-bond donors (Lipinski definition) is 1. The molecule has 0 aliphatic carbocycles. The molecule has 0 bridgehead atoms. The lowest BCUT2D eigenvalue weighted by atomic mass is 9.94. The van der Waals surface area contributed by atoms with Crippen molar-refractivity contribution < 1.29 is 22.6 Å². The molecule has 1 fully saturated rings. The summed E-state index contributed by atoms with van der Waals surface area (Å²) in [6, 6.07) is 4.30. The fourth-order valence-electron chi connectivity index (χ4n) is 3.08. The van der Waals surface area contributed by atoms with Crippen molar-refractivity contribution in [3.05, 3.63) is 23.8 Å². The summed E-state index contributed by atoms with van der Waals surface area (Å²) in [5.74, 6) is 0.790. The largest absolute Gasteiger partial charge is 0.573 e. The maximum atomic E-state index is 12.5. The van der Waals surface area contributed by atoms with Crippen LogP contribution in [0.4, 0.5) is 13.2 Å². The molecule has 0 unspecified atom stereocenters. The monoisotopic (exact) mass is 418 g/mol. The zero-order chi connectivity index (χ0) is 17.7. The number of alkyl halides is 3. The predicted molar refractivity (Wildman–Crippen MR) is 101 cm³/mol. The van der Waals surface area contributed by atoms with Crippen LogP contribution in [0, 0.1) is 5.92 Å². The van der Waals surface area contributed by atoms with Crippen molar-refractivity contribution >= 4 is 24.8 Å². The van der Waals surface area contributed by atoms with Gasteiger partial charge in [-0.25, -0.2) is 0 Å². The number of halogens is 5. The Balaban J connectivity index is 0.00000312. The molecular formula is C17H27Cl2F3N2O2. The summed E-state index contributed by atoms with van der Waals surface area (Å²) in [4.78, 5) is 2.30. The molecule has 0 spiro atoms. The van der Waals surface area contributed by atoms with Gasteiger partial charge in [0.1, 0.15) is 11.5 Å². The topological polar surface area (TPSA) is 33.7 Å². The molecule has 1 saturated heterocycles. The highest BCUT2D eigenvalue weighted by molar-refractivity contribution is 5.85. The molecule has 2 rings (SSSR count). The van der Waals surface area contributed by atoms with Crippen molar-refractivity contribution in [3.63, 3.8) is 0 Å². The Labute approximate surface area is 165 Å². The first-order chi connectivity index (χ1) is 11.3. The van der Waals surface area contributed by atoms with E-state index in [1.54, 1.807) is 6.07 Å². The minimum absolute atomic E-state index is 0. The van der Waals surface area contributed by atoms with Crippen molar-refractivity contribution in [2.75, 3.05) is 33.3 Å². The van der Waals surface area contributed by atoms with E-state index in [9.17, 15) is 13.2 Å². The lowest BCUT2D eigenvalue weighted by Crippen LogP contribution is -2.45. The van der Waals surface area contributed by atoms with Crippen LogP contribution in [-0.4, -0.2) is 44.6 Å². The van der Waals surface area contributed by atoms with Gasteiger partial charge in [0.15, 0.2) is 0 Å². The van der Waals surface area contributed by atoms with E-state index in [0.29, 0.717) is 11.7 Å². The summed E-state index contributed by atoms with van der Waals surface area (Å²) in [6.45, 7) is 7.66. The average molecular weight is 419 g/mol. The van der Waals surface area contributed by atoms with Crippen LogP contribution in [0.5, 0.6) is 11.5 Å². The normalized spacial score (nSPS) is 16.4. The molecule has 1 heterocycles. The molecule has 152 valence electrons. The number of hydrogen-bond acceptors (Lipinski definition) is 4. The molecule has 0 radical (unpaired) electrons. The van der Waals surface area contributed by atoms with Crippen LogP contribution >= 0.6 is 24.8 Å². The molecule has 1 N–H and O–H groups in total. The fraction of sp³-hybridized carbons (Fsp3) is 0.647. The van der Waals surface area contributed by atoms with Gasteiger partial charge in [0.05, 0.1) is 7.11 Å². The molecule has 1 aliphatic heterocycles. The van der Waals surface area contributed by atoms with E-state index in [1.807, 2.05) is 0 Å². The number of nitrogens with one attached hydrogen (secondary N) is 1. The van der Waals surface area contributed by atoms with Crippen LogP contribution in [0.1, 0.15) is 31.9 Å². The molecule has 0 amide bonds. The fourth-order valence-corrected chi connectivity index (χ4v) is 3.08. The SMILES string of the molecule is COc1ccc(OC(F)(F)F)cc1[C@@H](CC(C)C)N1CCNCC1.Cl.Cl. The molecule has 26 heavy (non-hydrogen) atoms. The van der Waals surface area contributed by atoms with Crippen LogP contribution in [0.3, 0.4) is 0 Å². The van der Waals surface area contributed by atoms with Gasteiger partial charge in [-0.3, -0.25) is 4.90 Å². The van der Waals surface area contributed by atoms with Crippen LogP contribution in [-0.2, 0) is 0 Å². The number of rotatable bonds is 6. The Morgan fingerprint density at radius 2 is 1.77 bits per heavy atom. The van der Waals surface area contributed by atoms with Gasteiger partial charge in [-0.1, -0.05) is 13.8 Å². The number of benzene rings is 1. The maximum absolute atomic E-state index is 12.5. The molecule has 4 nitrogen and oxygen atoms in total. The minimum atomic E-state index is -4.70. The van der Waals surface area contributed by atoms with E-state index in [2.05, 4.69) is 28.8 Å². The predicted octanol–water partition coefficient (Wildman–Crippen LogP) is 4.43. The second kappa shape index (κ2) is 11.1. The third-order valence-electron chi connectivity index (χ3n) is 4.08. The summed E-state index contributed by atoms with van der Waals surface area (Å²) in [7, 11) is 1.54. The zero-order valence-corrected chi connectivity index (χ0v) is 16.8. The van der Waals surface area contributed by atoms with Crippen LogP contribution < -0.4 is 14.8 Å². The summed E-state index contributed by atoms with van der Waals surface area (Å²) in [5.41, 5.74) is 0.745. The van der Waals surface area contributed by atoms with Gasteiger partial charge in [0, 0.05) is 37.8 Å². The van der Waals surface area contributed by atoms with E-state index < -0.39 is 6.36 Å². The summed E-state index contributed by atoms with van der Waals surface area (Å²) < 4.78 is 47.2. The first kappa shape index (κ1) is 25.1. The van der Waals surface area contributed by atoms with Crippen molar-refractivity contribution in [2.45, 2.75) is 32.7 Å². The number of piperazine rings is 1. The number of ether oxygens (including phenoxy) is 2. The van der Waals surface area contributed by atoms with E-state index in [0.717, 1.165) is 38.2 Å².